The van der Waals surface area contributed by atoms with Gasteiger partial charge in [0.05, 0.1) is 12.1 Å². The maximum Gasteiger partial charge on any atom is 0.228 e. The summed E-state index contributed by atoms with van der Waals surface area (Å²) in [7, 11) is 0. The van der Waals surface area contributed by atoms with Crippen molar-refractivity contribution in [1.82, 2.24) is 0 Å². The number of carbonyl (C=O) groups excluding carboxylic acids is 2. The van der Waals surface area contributed by atoms with E-state index in [9.17, 15) is 14.0 Å². The maximum absolute atomic E-state index is 12.9. The zero-order valence-corrected chi connectivity index (χ0v) is 11.0. The van der Waals surface area contributed by atoms with Crippen molar-refractivity contribution in [2.75, 3.05) is 5.32 Å². The van der Waals surface area contributed by atoms with Gasteiger partial charge in [-0.2, -0.15) is 0 Å². The van der Waals surface area contributed by atoms with E-state index in [2.05, 4.69) is 5.32 Å². The molecule has 0 saturated heterocycles. The van der Waals surface area contributed by atoms with Gasteiger partial charge in [-0.25, -0.2) is 4.39 Å². The van der Waals surface area contributed by atoms with E-state index in [4.69, 9.17) is 11.6 Å². The lowest BCUT2D eigenvalue weighted by Gasteiger charge is -2.08. The van der Waals surface area contributed by atoms with Gasteiger partial charge in [0, 0.05) is 21.7 Å². The lowest BCUT2D eigenvalue weighted by Crippen LogP contribution is -2.08. The van der Waals surface area contributed by atoms with Gasteiger partial charge >= 0.3 is 0 Å². The van der Waals surface area contributed by atoms with Crippen molar-refractivity contribution in [1.29, 1.82) is 0 Å². The summed E-state index contributed by atoms with van der Waals surface area (Å²) in [6.07, 6.45) is 0.165. The Labute approximate surface area is 119 Å². The normalized spacial score (nSPS) is 13.0. The van der Waals surface area contributed by atoms with Gasteiger partial charge in [0.2, 0.25) is 5.91 Å². The summed E-state index contributed by atoms with van der Waals surface area (Å²) in [6, 6.07) is 8.44. The van der Waals surface area contributed by atoms with Crippen LogP contribution in [0.3, 0.4) is 0 Å². The number of fused-ring (bicyclic) bond motifs is 1. The number of carbonyl (C=O) groups is 2. The molecular weight excluding hydrogens is 281 g/mol. The van der Waals surface area contributed by atoms with Crippen molar-refractivity contribution >= 4 is 29.0 Å². The van der Waals surface area contributed by atoms with E-state index in [0.29, 0.717) is 27.4 Å². The van der Waals surface area contributed by atoms with E-state index in [0.717, 1.165) is 0 Å². The van der Waals surface area contributed by atoms with E-state index < -0.39 is 5.82 Å². The van der Waals surface area contributed by atoms with Gasteiger partial charge in [-0.3, -0.25) is 9.59 Å². The van der Waals surface area contributed by atoms with Gasteiger partial charge in [-0.05, 0) is 36.4 Å². The van der Waals surface area contributed by atoms with Gasteiger partial charge in [0.1, 0.15) is 5.82 Å². The van der Waals surface area contributed by atoms with Crippen LogP contribution in [-0.4, -0.2) is 11.7 Å². The van der Waals surface area contributed by atoms with Crippen molar-refractivity contribution in [2.24, 2.45) is 0 Å². The highest BCUT2D eigenvalue weighted by Crippen LogP contribution is 2.34. The number of ketones is 1. The van der Waals surface area contributed by atoms with Crippen molar-refractivity contribution in [2.45, 2.75) is 6.42 Å². The fourth-order valence-electron chi connectivity index (χ4n) is 2.23. The summed E-state index contributed by atoms with van der Waals surface area (Å²) < 4.78 is 12.9. The van der Waals surface area contributed by atoms with E-state index >= 15 is 0 Å². The number of halogens is 2. The number of benzene rings is 2. The molecule has 0 spiro atoms. The molecule has 1 aliphatic rings. The van der Waals surface area contributed by atoms with Crippen LogP contribution in [-0.2, 0) is 11.2 Å². The molecule has 20 heavy (non-hydrogen) atoms. The number of nitrogens with one attached hydrogen (secondary N) is 1. The molecule has 0 radical (unpaired) electrons. The average Bonchev–Trinajstić information content (AvgIpc) is 2.82. The maximum atomic E-state index is 12.9. The standard InChI is InChI=1S/C15H9ClFNO2/c16-12-6-5-10(14-11(12)7-13(19)18-14)15(20)8-1-3-9(17)4-2-8/h1-6H,7H2,(H,18,19). The third-order valence-corrected chi connectivity index (χ3v) is 3.56. The molecule has 0 fully saturated rings. The average molecular weight is 290 g/mol. The van der Waals surface area contributed by atoms with Gasteiger partial charge in [0.25, 0.3) is 0 Å². The lowest BCUT2D eigenvalue weighted by atomic mass is 9.99. The fraction of sp³-hybridized carbons (Fsp3) is 0.0667. The minimum absolute atomic E-state index is 0.165. The number of hydrogen-bond donors (Lipinski definition) is 1. The molecule has 0 atom stereocenters. The predicted octanol–water partition coefficient (Wildman–Crippen LogP) is 3.20. The number of hydrogen-bond acceptors (Lipinski definition) is 2. The molecule has 1 aliphatic heterocycles. The molecule has 2 aromatic rings. The van der Waals surface area contributed by atoms with Gasteiger partial charge in [-0.15, -0.1) is 0 Å². The molecule has 5 heteroatoms. The zero-order chi connectivity index (χ0) is 14.3. The van der Waals surface area contributed by atoms with Crippen molar-refractivity contribution in [3.8, 4) is 0 Å². The van der Waals surface area contributed by atoms with Crippen LogP contribution in [0.2, 0.25) is 5.02 Å². The first-order valence-corrected chi connectivity index (χ1v) is 6.35. The van der Waals surface area contributed by atoms with E-state index in [1.54, 1.807) is 12.1 Å². The van der Waals surface area contributed by atoms with Crippen LogP contribution in [0.15, 0.2) is 36.4 Å². The first kappa shape index (κ1) is 12.8. The Morgan fingerprint density at radius 2 is 1.85 bits per heavy atom. The zero-order valence-electron chi connectivity index (χ0n) is 10.2. The molecule has 2 aromatic carbocycles. The minimum Gasteiger partial charge on any atom is -0.325 e. The summed E-state index contributed by atoms with van der Waals surface area (Å²) in [5.74, 6) is -0.877. The highest BCUT2D eigenvalue weighted by molar-refractivity contribution is 6.33. The van der Waals surface area contributed by atoms with Gasteiger partial charge in [0.15, 0.2) is 5.78 Å². The summed E-state index contributed by atoms with van der Waals surface area (Å²) in [5, 5.41) is 3.10. The topological polar surface area (TPSA) is 46.2 Å². The first-order valence-electron chi connectivity index (χ1n) is 5.98. The summed E-state index contributed by atoms with van der Waals surface area (Å²) in [4.78, 5) is 23.9. The highest BCUT2D eigenvalue weighted by Gasteiger charge is 2.26. The van der Waals surface area contributed by atoms with Crippen molar-refractivity contribution in [3.05, 3.63) is 63.9 Å². The third-order valence-electron chi connectivity index (χ3n) is 3.21. The van der Waals surface area contributed by atoms with E-state index in [-0.39, 0.29) is 18.1 Å². The SMILES string of the molecule is O=C1Cc2c(Cl)ccc(C(=O)c3ccc(F)cc3)c2N1. The van der Waals surface area contributed by atoms with Crippen molar-refractivity contribution in [3.63, 3.8) is 0 Å². The molecule has 0 saturated carbocycles. The molecule has 0 aromatic heterocycles. The molecule has 100 valence electrons. The second kappa shape index (κ2) is 4.72. The van der Waals surface area contributed by atoms with Crippen LogP contribution in [0, 0.1) is 5.82 Å². The van der Waals surface area contributed by atoms with Gasteiger partial charge < -0.3 is 5.32 Å². The Kier molecular flexibility index (Phi) is 3.03. The molecule has 1 heterocycles. The monoisotopic (exact) mass is 289 g/mol. The molecule has 0 aliphatic carbocycles. The van der Waals surface area contributed by atoms with Crippen LogP contribution in [0.25, 0.3) is 0 Å². The molecule has 1 amide bonds. The highest BCUT2D eigenvalue weighted by atomic mass is 35.5. The Hall–Kier alpha value is -2.20. The summed E-state index contributed by atoms with van der Waals surface area (Å²) in [6.45, 7) is 0. The smallest absolute Gasteiger partial charge is 0.228 e. The summed E-state index contributed by atoms with van der Waals surface area (Å²) >= 11 is 6.03. The van der Waals surface area contributed by atoms with Crippen molar-refractivity contribution < 1.29 is 14.0 Å². The Balaban J connectivity index is 2.08. The van der Waals surface area contributed by atoms with E-state index in [1.807, 2.05) is 0 Å². The molecule has 1 N–H and O–H groups in total. The third kappa shape index (κ3) is 2.08. The molecule has 3 nitrogen and oxygen atoms in total. The largest absolute Gasteiger partial charge is 0.325 e. The predicted molar refractivity (Wildman–Crippen MR) is 73.6 cm³/mol. The Morgan fingerprint density at radius 1 is 1.15 bits per heavy atom. The Morgan fingerprint density at radius 3 is 2.55 bits per heavy atom. The van der Waals surface area contributed by atoms with Crippen LogP contribution in [0.5, 0.6) is 0 Å². The molecule has 0 bridgehead atoms. The fourth-order valence-corrected chi connectivity index (χ4v) is 2.45. The number of amides is 1. The number of anilines is 1. The van der Waals surface area contributed by atoms with Gasteiger partial charge in [-0.1, -0.05) is 11.6 Å². The lowest BCUT2D eigenvalue weighted by molar-refractivity contribution is -0.115. The Bertz CT molecular complexity index is 725. The molecular formula is C15H9ClFNO2. The first-order chi connectivity index (χ1) is 9.56. The molecule has 3 rings (SSSR count). The minimum atomic E-state index is -0.406. The van der Waals surface area contributed by atoms with Crippen LogP contribution in [0.4, 0.5) is 10.1 Å². The van der Waals surface area contributed by atoms with Crippen LogP contribution >= 0.6 is 11.6 Å². The second-order valence-electron chi connectivity index (χ2n) is 4.51. The molecule has 0 unspecified atom stereocenters. The van der Waals surface area contributed by atoms with Crippen LogP contribution in [0.1, 0.15) is 21.5 Å². The van der Waals surface area contributed by atoms with E-state index in [1.165, 1.54) is 24.3 Å². The second-order valence-corrected chi connectivity index (χ2v) is 4.92. The number of rotatable bonds is 2. The summed E-state index contributed by atoms with van der Waals surface area (Å²) in [5.41, 5.74) is 1.81. The van der Waals surface area contributed by atoms with Crippen LogP contribution < -0.4 is 5.32 Å². The quantitative estimate of drug-likeness (QED) is 0.863.